The second-order valence-corrected chi connectivity index (χ2v) is 7.03. The maximum absolute atomic E-state index is 12.9. The Balaban J connectivity index is 1.37. The fourth-order valence-corrected chi connectivity index (χ4v) is 3.55. The predicted octanol–water partition coefficient (Wildman–Crippen LogP) is 0.940. The van der Waals surface area contributed by atoms with E-state index in [1.165, 1.54) is 12.1 Å². The number of rotatable bonds is 6. The van der Waals surface area contributed by atoms with Crippen molar-refractivity contribution in [3.8, 4) is 0 Å². The zero-order chi connectivity index (χ0) is 19.8. The van der Waals surface area contributed by atoms with Gasteiger partial charge in [0.2, 0.25) is 5.91 Å². The first-order valence-corrected chi connectivity index (χ1v) is 9.85. The summed E-state index contributed by atoms with van der Waals surface area (Å²) in [6.07, 6.45) is 2.62. The summed E-state index contributed by atoms with van der Waals surface area (Å²) >= 11 is 0. The van der Waals surface area contributed by atoms with Crippen molar-refractivity contribution in [2.45, 2.75) is 31.5 Å². The number of carbonyl (C=O) groups excluding carboxylic acids is 1. The van der Waals surface area contributed by atoms with E-state index >= 15 is 0 Å². The molecule has 0 spiro atoms. The van der Waals surface area contributed by atoms with E-state index in [9.17, 15) is 9.18 Å². The maximum Gasteiger partial charge on any atom is 0.224 e. The molecule has 0 aromatic heterocycles. The van der Waals surface area contributed by atoms with Gasteiger partial charge < -0.3 is 25.0 Å². The summed E-state index contributed by atoms with van der Waals surface area (Å²) in [5, 5.41) is 6.16. The Morgan fingerprint density at radius 1 is 1.18 bits per heavy atom. The van der Waals surface area contributed by atoms with Gasteiger partial charge in [-0.1, -0.05) is 12.1 Å². The van der Waals surface area contributed by atoms with Gasteiger partial charge in [-0.3, -0.25) is 9.79 Å². The van der Waals surface area contributed by atoms with Crippen LogP contribution < -0.4 is 10.6 Å². The molecule has 0 saturated carbocycles. The van der Waals surface area contributed by atoms with Crippen molar-refractivity contribution in [2.75, 3.05) is 46.4 Å². The minimum absolute atomic E-state index is 0.0743. The lowest BCUT2D eigenvalue weighted by Crippen LogP contribution is -2.54. The molecule has 2 unspecified atom stereocenters. The number of benzene rings is 1. The predicted molar refractivity (Wildman–Crippen MR) is 105 cm³/mol. The quantitative estimate of drug-likeness (QED) is 0.428. The average molecular weight is 392 g/mol. The van der Waals surface area contributed by atoms with Crippen LogP contribution in [0.2, 0.25) is 0 Å². The minimum atomic E-state index is -0.301. The molecule has 154 valence electrons. The highest BCUT2D eigenvalue weighted by Crippen LogP contribution is 2.20. The smallest absolute Gasteiger partial charge is 0.224 e. The highest BCUT2D eigenvalue weighted by Gasteiger charge is 2.32. The van der Waals surface area contributed by atoms with Gasteiger partial charge in [-0.15, -0.1) is 0 Å². The van der Waals surface area contributed by atoms with Crippen LogP contribution in [0.5, 0.6) is 0 Å². The molecule has 0 radical (unpaired) electrons. The van der Waals surface area contributed by atoms with Gasteiger partial charge in [-0.25, -0.2) is 4.39 Å². The van der Waals surface area contributed by atoms with Crippen molar-refractivity contribution < 1.29 is 18.7 Å². The summed E-state index contributed by atoms with van der Waals surface area (Å²) in [7, 11) is 1.76. The van der Waals surface area contributed by atoms with Crippen LogP contribution in [0.25, 0.3) is 0 Å². The molecular weight excluding hydrogens is 363 g/mol. The van der Waals surface area contributed by atoms with Crippen LogP contribution in [0.4, 0.5) is 4.39 Å². The molecule has 2 atom stereocenters. The molecule has 2 fully saturated rings. The molecule has 1 amide bonds. The maximum atomic E-state index is 12.9. The summed E-state index contributed by atoms with van der Waals surface area (Å²) < 4.78 is 24.5. The molecule has 1 aromatic carbocycles. The lowest BCUT2D eigenvalue weighted by molar-refractivity contribution is -0.120. The van der Waals surface area contributed by atoms with Gasteiger partial charge in [0.25, 0.3) is 0 Å². The van der Waals surface area contributed by atoms with Crippen molar-refractivity contribution in [3.05, 3.63) is 35.6 Å². The van der Waals surface area contributed by atoms with Gasteiger partial charge in [-0.2, -0.15) is 0 Å². The molecule has 0 bridgehead atoms. The van der Waals surface area contributed by atoms with Gasteiger partial charge in [0.1, 0.15) is 11.9 Å². The number of nitrogens with zero attached hydrogens (tertiary/aromatic N) is 2. The monoisotopic (exact) mass is 392 g/mol. The first-order valence-electron chi connectivity index (χ1n) is 9.85. The minimum Gasteiger partial charge on any atom is -0.375 e. The Hall–Kier alpha value is -2.19. The number of amides is 1. The third-order valence-electron chi connectivity index (χ3n) is 4.99. The molecule has 7 nitrogen and oxygen atoms in total. The number of aliphatic imine (C=N–C) groups is 1. The second-order valence-electron chi connectivity index (χ2n) is 7.03. The Bertz CT molecular complexity index is 662. The van der Waals surface area contributed by atoms with Gasteiger partial charge in [0.15, 0.2) is 5.96 Å². The third kappa shape index (κ3) is 5.90. The van der Waals surface area contributed by atoms with Crippen LogP contribution in [0, 0.1) is 5.82 Å². The SMILES string of the molecule is CN=C(NCCNC(=O)Cc1ccc(F)cc1)N1CCOC(C2CCCO2)C1. The fraction of sp³-hybridized carbons (Fsp3) is 0.600. The van der Waals surface area contributed by atoms with Gasteiger partial charge in [0, 0.05) is 39.8 Å². The van der Waals surface area contributed by atoms with E-state index in [2.05, 4.69) is 20.5 Å². The van der Waals surface area contributed by atoms with E-state index in [-0.39, 0.29) is 30.4 Å². The van der Waals surface area contributed by atoms with E-state index in [1.807, 2.05) is 0 Å². The number of hydrogen-bond acceptors (Lipinski definition) is 4. The molecular formula is C20H29FN4O3. The van der Waals surface area contributed by atoms with Gasteiger partial charge in [0.05, 0.1) is 19.1 Å². The number of ether oxygens (including phenoxy) is 2. The fourth-order valence-electron chi connectivity index (χ4n) is 3.55. The van der Waals surface area contributed by atoms with Crippen LogP contribution in [-0.2, 0) is 20.7 Å². The number of guanidine groups is 1. The van der Waals surface area contributed by atoms with Crippen molar-refractivity contribution >= 4 is 11.9 Å². The second kappa shape index (κ2) is 10.4. The van der Waals surface area contributed by atoms with Crippen LogP contribution in [0.15, 0.2) is 29.3 Å². The number of hydrogen-bond donors (Lipinski definition) is 2. The Kier molecular flexibility index (Phi) is 7.62. The van der Waals surface area contributed by atoms with E-state index in [1.54, 1.807) is 19.2 Å². The zero-order valence-electron chi connectivity index (χ0n) is 16.3. The van der Waals surface area contributed by atoms with E-state index < -0.39 is 0 Å². The summed E-state index contributed by atoms with van der Waals surface area (Å²) in [4.78, 5) is 18.5. The normalized spacial score (nSPS) is 22.9. The average Bonchev–Trinajstić information content (AvgIpc) is 3.25. The third-order valence-corrected chi connectivity index (χ3v) is 4.99. The summed E-state index contributed by atoms with van der Waals surface area (Å²) in [5.74, 6) is 0.414. The number of halogens is 1. The zero-order valence-corrected chi connectivity index (χ0v) is 16.3. The van der Waals surface area contributed by atoms with Gasteiger partial charge in [-0.05, 0) is 30.5 Å². The highest BCUT2D eigenvalue weighted by atomic mass is 19.1. The molecule has 2 heterocycles. The molecule has 28 heavy (non-hydrogen) atoms. The van der Waals surface area contributed by atoms with E-state index in [0.717, 1.165) is 44.1 Å². The molecule has 1 aromatic rings. The van der Waals surface area contributed by atoms with Crippen LogP contribution in [0.3, 0.4) is 0 Å². The standard InChI is InChI=1S/C20H29FN4O3/c1-22-20(25-10-12-28-18(14-25)17-3-2-11-27-17)24-9-8-23-19(26)13-15-4-6-16(21)7-5-15/h4-7,17-18H,2-3,8-14H2,1H3,(H,22,24)(H,23,26). The lowest BCUT2D eigenvalue weighted by atomic mass is 10.1. The summed E-state index contributed by atoms with van der Waals surface area (Å²) in [6.45, 7) is 4.05. The van der Waals surface area contributed by atoms with Crippen LogP contribution in [-0.4, -0.2) is 75.4 Å². The molecule has 3 rings (SSSR count). The summed E-state index contributed by atoms with van der Waals surface area (Å²) in [5.41, 5.74) is 0.788. The van der Waals surface area contributed by atoms with Gasteiger partial charge >= 0.3 is 0 Å². The number of morpholine rings is 1. The van der Waals surface area contributed by atoms with E-state index in [0.29, 0.717) is 19.7 Å². The number of nitrogens with one attached hydrogen (secondary N) is 2. The molecule has 8 heteroatoms. The van der Waals surface area contributed by atoms with Crippen molar-refractivity contribution in [3.63, 3.8) is 0 Å². The largest absolute Gasteiger partial charge is 0.375 e. The first kappa shape index (κ1) is 20.5. The van der Waals surface area contributed by atoms with Crippen molar-refractivity contribution in [1.82, 2.24) is 15.5 Å². The topological polar surface area (TPSA) is 75.2 Å². The Labute approximate surface area is 165 Å². The molecule has 2 aliphatic rings. The van der Waals surface area contributed by atoms with Crippen molar-refractivity contribution in [2.24, 2.45) is 4.99 Å². The highest BCUT2D eigenvalue weighted by molar-refractivity contribution is 5.80. The van der Waals surface area contributed by atoms with E-state index in [4.69, 9.17) is 9.47 Å². The van der Waals surface area contributed by atoms with Crippen LogP contribution >= 0.6 is 0 Å². The molecule has 2 N–H and O–H groups in total. The Morgan fingerprint density at radius 2 is 1.93 bits per heavy atom. The molecule has 2 saturated heterocycles. The lowest BCUT2D eigenvalue weighted by Gasteiger charge is -2.37. The molecule has 2 aliphatic heterocycles. The Morgan fingerprint density at radius 3 is 2.64 bits per heavy atom. The summed E-state index contributed by atoms with van der Waals surface area (Å²) in [6, 6.07) is 5.97. The van der Waals surface area contributed by atoms with Crippen molar-refractivity contribution in [1.29, 1.82) is 0 Å². The number of carbonyl (C=O) groups is 1. The molecule has 0 aliphatic carbocycles. The first-order chi connectivity index (χ1) is 13.7. The van der Waals surface area contributed by atoms with Crippen LogP contribution in [0.1, 0.15) is 18.4 Å².